The van der Waals surface area contributed by atoms with E-state index in [1.165, 1.54) is 22.7 Å². The summed E-state index contributed by atoms with van der Waals surface area (Å²) in [6, 6.07) is 9.84. The third kappa shape index (κ3) is 1.91. The summed E-state index contributed by atoms with van der Waals surface area (Å²) in [5.41, 5.74) is 1.59. The van der Waals surface area contributed by atoms with Crippen molar-refractivity contribution < 1.29 is 9.13 Å². The standard InChI is InChI=1S/C14H10FN3O2/c1-20-11-5-2-9(3-6-11)13-14(17-19)18-8-10(15)4-7-12(18)16-13/h2-8H,1H3. The van der Waals surface area contributed by atoms with E-state index in [1.54, 1.807) is 31.4 Å². The molecular weight excluding hydrogens is 261 g/mol. The van der Waals surface area contributed by atoms with E-state index in [1.807, 2.05) is 0 Å². The molecule has 0 spiro atoms. The Morgan fingerprint density at radius 2 is 1.95 bits per heavy atom. The molecule has 0 bridgehead atoms. The summed E-state index contributed by atoms with van der Waals surface area (Å²) in [5.74, 6) is 0.315. The van der Waals surface area contributed by atoms with Crippen LogP contribution in [0, 0.1) is 10.7 Å². The first kappa shape index (κ1) is 12.3. The van der Waals surface area contributed by atoms with E-state index in [0.29, 0.717) is 22.7 Å². The van der Waals surface area contributed by atoms with Crippen LogP contribution >= 0.6 is 0 Å². The molecule has 0 atom stereocenters. The van der Waals surface area contributed by atoms with Crippen LogP contribution in [0.3, 0.4) is 0 Å². The minimum atomic E-state index is -0.457. The molecule has 0 fully saturated rings. The molecule has 3 aromatic rings. The second-order valence-electron chi connectivity index (χ2n) is 4.18. The maximum Gasteiger partial charge on any atom is 0.209 e. The Balaban J connectivity index is 2.21. The normalized spacial score (nSPS) is 10.7. The fraction of sp³-hybridized carbons (Fsp3) is 0.0714. The molecule has 0 N–H and O–H groups in total. The van der Waals surface area contributed by atoms with Gasteiger partial charge in [-0.2, -0.15) is 0 Å². The van der Waals surface area contributed by atoms with Crippen molar-refractivity contribution in [3.05, 3.63) is 53.3 Å². The maximum atomic E-state index is 13.3. The zero-order valence-electron chi connectivity index (χ0n) is 10.6. The molecule has 0 saturated heterocycles. The van der Waals surface area contributed by atoms with Gasteiger partial charge >= 0.3 is 0 Å². The number of fused-ring (bicyclic) bond motifs is 1. The third-order valence-corrected chi connectivity index (χ3v) is 3.01. The van der Waals surface area contributed by atoms with Gasteiger partial charge in [-0.05, 0) is 41.6 Å². The van der Waals surface area contributed by atoms with E-state index in [0.717, 1.165) is 0 Å². The Bertz CT molecular complexity index is 781. The summed E-state index contributed by atoms with van der Waals surface area (Å²) in [6.45, 7) is 0. The van der Waals surface area contributed by atoms with Gasteiger partial charge in [0.15, 0.2) is 0 Å². The molecule has 0 aliphatic heterocycles. The molecule has 20 heavy (non-hydrogen) atoms. The lowest BCUT2D eigenvalue weighted by molar-refractivity contribution is 0.415. The van der Waals surface area contributed by atoms with Crippen molar-refractivity contribution in [3.63, 3.8) is 0 Å². The zero-order chi connectivity index (χ0) is 14.1. The minimum absolute atomic E-state index is 0.0738. The van der Waals surface area contributed by atoms with Crippen LogP contribution in [0.2, 0.25) is 0 Å². The summed E-state index contributed by atoms with van der Waals surface area (Å²) in [6.07, 6.45) is 1.19. The molecule has 3 rings (SSSR count). The van der Waals surface area contributed by atoms with Crippen LogP contribution in [-0.4, -0.2) is 16.5 Å². The highest BCUT2D eigenvalue weighted by atomic mass is 19.1. The number of imidazole rings is 1. The van der Waals surface area contributed by atoms with Crippen LogP contribution in [0.15, 0.2) is 47.8 Å². The Hall–Kier alpha value is -2.76. The SMILES string of the molecule is COc1ccc(-c2nc3ccc(F)cn3c2N=O)cc1. The predicted octanol–water partition coefficient (Wildman–Crippen LogP) is 3.55. The first-order chi connectivity index (χ1) is 9.72. The van der Waals surface area contributed by atoms with Gasteiger partial charge in [0.2, 0.25) is 5.82 Å². The number of nitroso groups, excluding NO2 is 1. The predicted molar refractivity (Wildman–Crippen MR) is 72.6 cm³/mol. The number of methoxy groups -OCH3 is 1. The van der Waals surface area contributed by atoms with Gasteiger partial charge in [-0.15, -0.1) is 4.91 Å². The number of pyridine rings is 1. The number of rotatable bonds is 3. The Morgan fingerprint density at radius 3 is 2.60 bits per heavy atom. The van der Waals surface area contributed by atoms with Gasteiger partial charge in [0.1, 0.15) is 22.9 Å². The highest BCUT2D eigenvalue weighted by molar-refractivity contribution is 5.74. The van der Waals surface area contributed by atoms with Gasteiger partial charge in [-0.3, -0.25) is 4.40 Å². The van der Waals surface area contributed by atoms with Crippen LogP contribution in [0.25, 0.3) is 16.9 Å². The number of halogens is 1. The second kappa shape index (κ2) is 4.73. The molecule has 2 heterocycles. The third-order valence-electron chi connectivity index (χ3n) is 3.01. The number of aromatic nitrogens is 2. The molecule has 0 unspecified atom stereocenters. The number of nitrogens with zero attached hydrogens (tertiary/aromatic N) is 3. The molecule has 1 aromatic carbocycles. The molecule has 0 aliphatic rings. The number of hydrogen-bond donors (Lipinski definition) is 0. The Labute approximate surface area is 113 Å². The van der Waals surface area contributed by atoms with E-state index in [9.17, 15) is 9.30 Å². The largest absolute Gasteiger partial charge is 0.497 e. The molecule has 0 radical (unpaired) electrons. The second-order valence-corrected chi connectivity index (χ2v) is 4.18. The lowest BCUT2D eigenvalue weighted by Gasteiger charge is -2.01. The zero-order valence-corrected chi connectivity index (χ0v) is 10.6. The summed E-state index contributed by atoms with van der Waals surface area (Å²) >= 11 is 0. The Morgan fingerprint density at radius 1 is 1.20 bits per heavy atom. The quantitative estimate of drug-likeness (QED) is 0.684. The smallest absolute Gasteiger partial charge is 0.209 e. The number of hydrogen-bond acceptors (Lipinski definition) is 4. The molecule has 2 aromatic heterocycles. The fourth-order valence-corrected chi connectivity index (χ4v) is 2.04. The lowest BCUT2D eigenvalue weighted by Crippen LogP contribution is -1.85. The molecule has 0 saturated carbocycles. The van der Waals surface area contributed by atoms with Gasteiger partial charge in [-0.1, -0.05) is 0 Å². The summed E-state index contributed by atoms with van der Waals surface area (Å²) in [4.78, 5) is 15.4. The highest BCUT2D eigenvalue weighted by Crippen LogP contribution is 2.31. The average molecular weight is 271 g/mol. The topological polar surface area (TPSA) is 56.0 Å². The van der Waals surface area contributed by atoms with Gasteiger partial charge in [0, 0.05) is 11.8 Å². The first-order valence-electron chi connectivity index (χ1n) is 5.88. The Kier molecular flexibility index (Phi) is 2.90. The van der Waals surface area contributed by atoms with Crippen molar-refractivity contribution >= 4 is 11.5 Å². The van der Waals surface area contributed by atoms with Crippen LogP contribution in [-0.2, 0) is 0 Å². The first-order valence-corrected chi connectivity index (χ1v) is 5.88. The van der Waals surface area contributed by atoms with E-state index in [-0.39, 0.29) is 5.82 Å². The van der Waals surface area contributed by atoms with E-state index in [4.69, 9.17) is 4.74 Å². The summed E-state index contributed by atoms with van der Waals surface area (Å²) in [7, 11) is 1.57. The van der Waals surface area contributed by atoms with Crippen molar-refractivity contribution in [3.8, 4) is 17.0 Å². The van der Waals surface area contributed by atoms with Crippen LogP contribution in [0.5, 0.6) is 5.75 Å². The van der Waals surface area contributed by atoms with Crippen molar-refractivity contribution in [2.75, 3.05) is 7.11 Å². The van der Waals surface area contributed by atoms with Crippen LogP contribution in [0.4, 0.5) is 10.2 Å². The summed E-state index contributed by atoms with van der Waals surface area (Å²) < 4.78 is 19.7. The molecule has 0 amide bonds. The molecule has 100 valence electrons. The fourth-order valence-electron chi connectivity index (χ4n) is 2.04. The minimum Gasteiger partial charge on any atom is -0.497 e. The number of ether oxygens (including phenoxy) is 1. The van der Waals surface area contributed by atoms with Gasteiger partial charge < -0.3 is 4.74 Å². The van der Waals surface area contributed by atoms with Crippen molar-refractivity contribution in [1.82, 2.24) is 9.38 Å². The molecule has 6 heteroatoms. The van der Waals surface area contributed by atoms with Gasteiger partial charge in [0.05, 0.1) is 7.11 Å². The molecular formula is C14H10FN3O2. The van der Waals surface area contributed by atoms with E-state index in [2.05, 4.69) is 10.2 Å². The van der Waals surface area contributed by atoms with Crippen LogP contribution in [0.1, 0.15) is 0 Å². The average Bonchev–Trinajstić information content (AvgIpc) is 2.85. The van der Waals surface area contributed by atoms with Crippen LogP contribution < -0.4 is 4.74 Å². The van der Waals surface area contributed by atoms with E-state index < -0.39 is 5.82 Å². The van der Waals surface area contributed by atoms with Gasteiger partial charge in [0.25, 0.3) is 0 Å². The van der Waals surface area contributed by atoms with Crippen molar-refractivity contribution in [2.45, 2.75) is 0 Å². The van der Waals surface area contributed by atoms with E-state index >= 15 is 0 Å². The van der Waals surface area contributed by atoms with Crippen molar-refractivity contribution in [1.29, 1.82) is 0 Å². The maximum absolute atomic E-state index is 13.3. The number of benzene rings is 1. The molecule has 0 aliphatic carbocycles. The lowest BCUT2D eigenvalue weighted by atomic mass is 10.1. The van der Waals surface area contributed by atoms with Crippen molar-refractivity contribution in [2.24, 2.45) is 5.18 Å². The molecule has 5 nitrogen and oxygen atoms in total. The van der Waals surface area contributed by atoms with Gasteiger partial charge in [-0.25, -0.2) is 9.37 Å². The summed E-state index contributed by atoms with van der Waals surface area (Å²) in [5, 5.41) is 2.97. The monoisotopic (exact) mass is 271 g/mol. The highest BCUT2D eigenvalue weighted by Gasteiger charge is 2.15.